The maximum atomic E-state index is 11.7. The summed E-state index contributed by atoms with van der Waals surface area (Å²) in [5, 5.41) is 9.60. The fourth-order valence-electron chi connectivity index (χ4n) is 4.68. The van der Waals surface area contributed by atoms with Crippen molar-refractivity contribution in [2.24, 2.45) is 17.3 Å². The highest BCUT2D eigenvalue weighted by molar-refractivity contribution is 5.74. The molecule has 3 nitrogen and oxygen atoms in total. The molecule has 2 fully saturated rings. The van der Waals surface area contributed by atoms with Gasteiger partial charge in [0.15, 0.2) is 0 Å². The minimum absolute atomic E-state index is 0.438. The molecule has 1 saturated carbocycles. The van der Waals surface area contributed by atoms with E-state index in [-0.39, 0.29) is 0 Å². The fraction of sp³-hybridized carbons (Fsp3) is 0.941. The second-order valence-electron chi connectivity index (χ2n) is 7.25. The van der Waals surface area contributed by atoms with Gasteiger partial charge in [-0.15, -0.1) is 0 Å². The first-order valence-corrected chi connectivity index (χ1v) is 8.47. The van der Waals surface area contributed by atoms with Gasteiger partial charge in [-0.2, -0.15) is 0 Å². The van der Waals surface area contributed by atoms with Crippen LogP contribution in [0.25, 0.3) is 0 Å². The first-order chi connectivity index (χ1) is 9.50. The second-order valence-corrected chi connectivity index (χ2v) is 7.25. The molecule has 0 radical (unpaired) electrons. The lowest BCUT2D eigenvalue weighted by Crippen LogP contribution is -2.52. The molecular formula is C17H31NO2. The molecular weight excluding hydrogens is 250 g/mol. The smallest absolute Gasteiger partial charge is 0.309 e. The average molecular weight is 281 g/mol. The highest BCUT2D eigenvalue weighted by Crippen LogP contribution is 2.40. The van der Waals surface area contributed by atoms with Gasteiger partial charge in [0.1, 0.15) is 0 Å². The Bertz CT molecular complexity index is 324. The number of carbonyl (C=O) groups is 1. The van der Waals surface area contributed by atoms with E-state index >= 15 is 0 Å². The lowest BCUT2D eigenvalue weighted by Gasteiger charge is -2.47. The van der Waals surface area contributed by atoms with Crippen LogP contribution in [0.4, 0.5) is 0 Å². The molecule has 2 rings (SSSR count). The van der Waals surface area contributed by atoms with Gasteiger partial charge in [0.2, 0.25) is 0 Å². The predicted molar refractivity (Wildman–Crippen MR) is 81.8 cm³/mol. The van der Waals surface area contributed by atoms with Crippen LogP contribution in [0.3, 0.4) is 0 Å². The third kappa shape index (κ3) is 3.03. The monoisotopic (exact) mass is 281 g/mol. The largest absolute Gasteiger partial charge is 0.481 e. The molecule has 1 heterocycles. The molecule has 0 amide bonds. The summed E-state index contributed by atoms with van der Waals surface area (Å²) >= 11 is 0. The molecule has 2 unspecified atom stereocenters. The molecule has 3 heteroatoms. The van der Waals surface area contributed by atoms with Gasteiger partial charge in [-0.05, 0) is 57.0 Å². The molecule has 0 spiro atoms. The summed E-state index contributed by atoms with van der Waals surface area (Å²) < 4.78 is 0. The molecule has 1 saturated heterocycles. The van der Waals surface area contributed by atoms with Crippen LogP contribution in [-0.2, 0) is 4.79 Å². The molecule has 2 atom stereocenters. The molecule has 0 aromatic heterocycles. The lowest BCUT2D eigenvalue weighted by atomic mass is 9.72. The van der Waals surface area contributed by atoms with E-state index in [9.17, 15) is 9.90 Å². The Morgan fingerprint density at radius 2 is 1.75 bits per heavy atom. The minimum Gasteiger partial charge on any atom is -0.481 e. The second kappa shape index (κ2) is 6.46. The van der Waals surface area contributed by atoms with Gasteiger partial charge in [-0.3, -0.25) is 9.69 Å². The number of hydrogen-bond acceptors (Lipinski definition) is 2. The van der Waals surface area contributed by atoms with Gasteiger partial charge < -0.3 is 5.11 Å². The maximum Gasteiger partial charge on any atom is 0.309 e. The number of aliphatic carboxylic acids is 1. The normalized spacial score (nSPS) is 34.9. The van der Waals surface area contributed by atoms with E-state index < -0.39 is 11.4 Å². The topological polar surface area (TPSA) is 40.5 Å². The molecule has 116 valence electrons. The van der Waals surface area contributed by atoms with Crippen molar-refractivity contribution in [2.75, 3.05) is 13.1 Å². The molecule has 2 aliphatic rings. The van der Waals surface area contributed by atoms with Gasteiger partial charge >= 0.3 is 5.97 Å². The average Bonchev–Trinajstić information content (AvgIpc) is 2.40. The van der Waals surface area contributed by atoms with E-state index in [1.54, 1.807) is 0 Å². The molecule has 0 aromatic rings. The number of carboxylic acid groups (broad SMARTS) is 1. The highest BCUT2D eigenvalue weighted by atomic mass is 16.4. The van der Waals surface area contributed by atoms with Crippen molar-refractivity contribution in [2.45, 2.75) is 71.8 Å². The summed E-state index contributed by atoms with van der Waals surface area (Å²) in [6.45, 7) is 8.82. The van der Waals surface area contributed by atoms with Crippen LogP contribution in [0.5, 0.6) is 0 Å². The Labute approximate surface area is 123 Å². The fourth-order valence-corrected chi connectivity index (χ4v) is 4.68. The minimum atomic E-state index is -0.566. The van der Waals surface area contributed by atoms with E-state index in [1.807, 2.05) is 0 Å². The maximum absolute atomic E-state index is 11.7. The molecule has 1 aliphatic heterocycles. The molecule has 0 bridgehead atoms. The van der Waals surface area contributed by atoms with Crippen LogP contribution in [-0.4, -0.2) is 35.1 Å². The molecule has 1 aliphatic carbocycles. The zero-order chi connectivity index (χ0) is 14.8. The van der Waals surface area contributed by atoms with E-state index in [0.717, 1.165) is 50.6 Å². The van der Waals surface area contributed by atoms with Crippen LogP contribution in [0, 0.1) is 17.3 Å². The van der Waals surface area contributed by atoms with E-state index in [0.29, 0.717) is 6.04 Å². The molecule has 20 heavy (non-hydrogen) atoms. The van der Waals surface area contributed by atoms with Crippen LogP contribution >= 0.6 is 0 Å². The van der Waals surface area contributed by atoms with Crippen LogP contribution in [0.15, 0.2) is 0 Å². The van der Waals surface area contributed by atoms with Gasteiger partial charge in [-0.25, -0.2) is 0 Å². The third-order valence-corrected chi connectivity index (χ3v) is 5.84. The van der Waals surface area contributed by atoms with Crippen molar-refractivity contribution in [1.82, 2.24) is 4.90 Å². The van der Waals surface area contributed by atoms with Crippen LogP contribution in [0.2, 0.25) is 0 Å². The van der Waals surface area contributed by atoms with Crippen LogP contribution in [0.1, 0.15) is 65.7 Å². The number of piperidine rings is 1. The van der Waals surface area contributed by atoms with E-state index in [1.165, 1.54) is 19.3 Å². The zero-order valence-corrected chi connectivity index (χ0v) is 13.4. The van der Waals surface area contributed by atoms with Crippen molar-refractivity contribution in [1.29, 1.82) is 0 Å². The van der Waals surface area contributed by atoms with Crippen molar-refractivity contribution in [3.63, 3.8) is 0 Å². The SMILES string of the molecule is CCCC1(C(=O)O)CCN(C2C(C)CCCC2C)CC1. The van der Waals surface area contributed by atoms with Gasteiger partial charge in [-0.1, -0.05) is 33.6 Å². The summed E-state index contributed by atoms with van der Waals surface area (Å²) in [7, 11) is 0. The summed E-state index contributed by atoms with van der Waals surface area (Å²) in [5.41, 5.74) is -0.438. The van der Waals surface area contributed by atoms with Gasteiger partial charge in [0.25, 0.3) is 0 Å². The number of hydrogen-bond donors (Lipinski definition) is 1. The Morgan fingerprint density at radius 1 is 1.20 bits per heavy atom. The van der Waals surface area contributed by atoms with Gasteiger partial charge in [0.05, 0.1) is 5.41 Å². The lowest BCUT2D eigenvalue weighted by molar-refractivity contribution is -0.153. The summed E-state index contributed by atoms with van der Waals surface area (Å²) in [6.07, 6.45) is 7.53. The Balaban J connectivity index is 2.00. The Kier molecular flexibility index (Phi) is 5.11. The number of carboxylic acids is 1. The highest BCUT2D eigenvalue weighted by Gasteiger charge is 2.43. The molecule has 1 N–H and O–H groups in total. The standard InChI is InChI=1S/C17H31NO2/c1-4-8-17(16(19)20)9-11-18(12-10-17)15-13(2)6-5-7-14(15)3/h13-15H,4-12H2,1-3H3,(H,19,20). The summed E-state index contributed by atoms with van der Waals surface area (Å²) in [5.74, 6) is 0.966. The molecule has 0 aromatic carbocycles. The van der Waals surface area contributed by atoms with Crippen LogP contribution < -0.4 is 0 Å². The van der Waals surface area contributed by atoms with Crippen molar-refractivity contribution >= 4 is 5.97 Å². The Hall–Kier alpha value is -0.570. The first kappa shape index (κ1) is 15.8. The Morgan fingerprint density at radius 3 is 2.20 bits per heavy atom. The first-order valence-electron chi connectivity index (χ1n) is 8.47. The number of nitrogens with zero attached hydrogens (tertiary/aromatic N) is 1. The third-order valence-electron chi connectivity index (χ3n) is 5.84. The summed E-state index contributed by atoms with van der Waals surface area (Å²) in [6, 6.07) is 0.678. The quantitative estimate of drug-likeness (QED) is 0.852. The number of rotatable bonds is 4. The van der Waals surface area contributed by atoms with Crippen molar-refractivity contribution in [3.8, 4) is 0 Å². The van der Waals surface area contributed by atoms with Gasteiger partial charge in [0, 0.05) is 6.04 Å². The van der Waals surface area contributed by atoms with Crippen molar-refractivity contribution < 1.29 is 9.90 Å². The number of likely N-dealkylation sites (tertiary alicyclic amines) is 1. The summed E-state index contributed by atoms with van der Waals surface area (Å²) in [4.78, 5) is 14.3. The predicted octanol–water partition coefficient (Wildman–Crippen LogP) is 3.78. The van der Waals surface area contributed by atoms with Crippen molar-refractivity contribution in [3.05, 3.63) is 0 Å². The zero-order valence-electron chi connectivity index (χ0n) is 13.4. The van der Waals surface area contributed by atoms with E-state index in [2.05, 4.69) is 25.7 Å². The van der Waals surface area contributed by atoms with E-state index in [4.69, 9.17) is 0 Å².